The molecule has 70 heavy (non-hydrogen) atoms. The van der Waals surface area contributed by atoms with Crippen LogP contribution in [0.3, 0.4) is 0 Å². The van der Waals surface area contributed by atoms with Crippen molar-refractivity contribution >= 4 is 11.9 Å². The molecule has 0 aromatic carbocycles. The van der Waals surface area contributed by atoms with E-state index in [0.29, 0.717) is 19.4 Å². The van der Waals surface area contributed by atoms with E-state index in [4.69, 9.17) is 4.74 Å². The molecule has 414 valence electrons. The first-order valence-corrected chi connectivity index (χ1v) is 31.6. The van der Waals surface area contributed by atoms with Crippen molar-refractivity contribution in [1.82, 2.24) is 5.32 Å². The zero-order valence-corrected chi connectivity index (χ0v) is 47.3. The van der Waals surface area contributed by atoms with Crippen LogP contribution in [-0.2, 0) is 14.3 Å². The average Bonchev–Trinajstić information content (AvgIpc) is 3.36. The highest BCUT2D eigenvalue weighted by Crippen LogP contribution is 2.18. The minimum Gasteiger partial charge on any atom is -0.466 e. The summed E-state index contributed by atoms with van der Waals surface area (Å²) in [6.07, 6.45) is 73.7. The first-order valence-electron chi connectivity index (χ1n) is 31.6. The smallest absolute Gasteiger partial charge is 0.305 e. The molecule has 2 atom stereocenters. The average molecular weight is 987 g/mol. The summed E-state index contributed by atoms with van der Waals surface area (Å²) >= 11 is 0. The summed E-state index contributed by atoms with van der Waals surface area (Å²) in [5, 5.41) is 23.2. The van der Waals surface area contributed by atoms with Gasteiger partial charge in [0.15, 0.2) is 0 Å². The van der Waals surface area contributed by atoms with Crippen LogP contribution in [0.5, 0.6) is 0 Å². The Morgan fingerprint density at radius 3 is 1.01 bits per heavy atom. The number of carbonyl (C=O) groups is 2. The third kappa shape index (κ3) is 55.7. The molecule has 0 saturated heterocycles. The molecule has 6 heteroatoms. The Morgan fingerprint density at radius 2 is 0.671 bits per heavy atom. The fraction of sp³-hybridized carbons (Fsp3) is 0.906. The predicted molar refractivity (Wildman–Crippen MR) is 306 cm³/mol. The second-order valence-corrected chi connectivity index (χ2v) is 21.7. The second-order valence-electron chi connectivity index (χ2n) is 21.7. The quantitative estimate of drug-likeness (QED) is 0.0321. The topological polar surface area (TPSA) is 95.9 Å². The van der Waals surface area contributed by atoms with Gasteiger partial charge in [0, 0.05) is 12.8 Å². The minimum atomic E-state index is -0.867. The Balaban J connectivity index is 3.51. The van der Waals surface area contributed by atoms with E-state index in [1.807, 2.05) is 6.08 Å². The van der Waals surface area contributed by atoms with Crippen molar-refractivity contribution in [2.75, 3.05) is 13.2 Å². The molecule has 0 fully saturated rings. The SMILES string of the molecule is CCCCCCCCCCCCCCCCCCCCCCCC/C=C/C(O)C(CO)NC(=O)CCCCCC/C=C\CCCCOC(=O)CCCCCCCCCCCCCCCCCCCCC. The van der Waals surface area contributed by atoms with Gasteiger partial charge in [0.1, 0.15) is 0 Å². The van der Waals surface area contributed by atoms with Crippen molar-refractivity contribution in [1.29, 1.82) is 0 Å². The number of aliphatic hydroxyl groups is 2. The van der Waals surface area contributed by atoms with E-state index in [1.165, 1.54) is 244 Å². The van der Waals surface area contributed by atoms with Gasteiger partial charge in [-0.15, -0.1) is 0 Å². The number of amides is 1. The Morgan fingerprint density at radius 1 is 0.386 bits per heavy atom. The van der Waals surface area contributed by atoms with Crippen LogP contribution in [0.2, 0.25) is 0 Å². The van der Waals surface area contributed by atoms with Gasteiger partial charge in [-0.1, -0.05) is 301 Å². The molecule has 0 aromatic heterocycles. The van der Waals surface area contributed by atoms with Gasteiger partial charge >= 0.3 is 5.97 Å². The molecule has 0 aliphatic carbocycles. The molecular formula is C64H123NO5. The Bertz CT molecular complexity index is 1090. The van der Waals surface area contributed by atoms with E-state index >= 15 is 0 Å². The summed E-state index contributed by atoms with van der Waals surface area (Å²) in [6.45, 7) is 4.85. The summed E-state index contributed by atoms with van der Waals surface area (Å²) < 4.78 is 5.46. The Kier molecular flexibility index (Phi) is 58.5. The number of hydrogen-bond donors (Lipinski definition) is 3. The monoisotopic (exact) mass is 986 g/mol. The molecule has 0 aliphatic rings. The van der Waals surface area contributed by atoms with Crippen LogP contribution in [0.4, 0.5) is 0 Å². The lowest BCUT2D eigenvalue weighted by atomic mass is 10.0. The van der Waals surface area contributed by atoms with E-state index in [9.17, 15) is 19.8 Å². The number of esters is 1. The highest BCUT2D eigenvalue weighted by Gasteiger charge is 2.18. The molecule has 6 nitrogen and oxygen atoms in total. The van der Waals surface area contributed by atoms with Crippen molar-refractivity contribution in [2.45, 2.75) is 360 Å². The molecule has 0 bridgehead atoms. The molecule has 0 saturated carbocycles. The number of aliphatic hydroxyl groups excluding tert-OH is 2. The molecule has 0 rings (SSSR count). The molecule has 1 amide bonds. The Hall–Kier alpha value is -1.66. The predicted octanol–water partition coefficient (Wildman–Crippen LogP) is 19.8. The van der Waals surface area contributed by atoms with E-state index in [0.717, 1.165) is 77.0 Å². The van der Waals surface area contributed by atoms with E-state index in [2.05, 4.69) is 31.3 Å². The van der Waals surface area contributed by atoms with Crippen molar-refractivity contribution in [3.8, 4) is 0 Å². The molecule has 2 unspecified atom stereocenters. The summed E-state index contributed by atoms with van der Waals surface area (Å²) in [4.78, 5) is 24.6. The largest absolute Gasteiger partial charge is 0.466 e. The van der Waals surface area contributed by atoms with Crippen molar-refractivity contribution in [3.05, 3.63) is 24.3 Å². The summed E-state index contributed by atoms with van der Waals surface area (Å²) in [6, 6.07) is -0.654. The summed E-state index contributed by atoms with van der Waals surface area (Å²) in [7, 11) is 0. The fourth-order valence-electron chi connectivity index (χ4n) is 9.87. The number of hydrogen-bond acceptors (Lipinski definition) is 5. The van der Waals surface area contributed by atoms with E-state index in [1.54, 1.807) is 6.08 Å². The summed E-state index contributed by atoms with van der Waals surface area (Å²) in [5.41, 5.74) is 0. The van der Waals surface area contributed by atoms with Crippen LogP contribution in [0.15, 0.2) is 24.3 Å². The first-order chi connectivity index (χ1) is 34.5. The van der Waals surface area contributed by atoms with Crippen molar-refractivity contribution in [3.63, 3.8) is 0 Å². The van der Waals surface area contributed by atoms with Gasteiger partial charge in [-0.05, 0) is 57.8 Å². The van der Waals surface area contributed by atoms with E-state index in [-0.39, 0.29) is 18.5 Å². The normalized spacial score (nSPS) is 12.7. The molecule has 0 radical (unpaired) electrons. The first kappa shape index (κ1) is 68.3. The Labute approximate surface area is 437 Å². The van der Waals surface area contributed by atoms with Crippen LogP contribution in [0, 0.1) is 0 Å². The number of rotatable bonds is 59. The lowest BCUT2D eigenvalue weighted by Gasteiger charge is -2.20. The maximum Gasteiger partial charge on any atom is 0.305 e. The van der Waals surface area contributed by atoms with Gasteiger partial charge in [-0.2, -0.15) is 0 Å². The van der Waals surface area contributed by atoms with Crippen LogP contribution < -0.4 is 5.32 Å². The number of unbranched alkanes of at least 4 members (excludes halogenated alkanes) is 46. The van der Waals surface area contributed by atoms with Crippen LogP contribution >= 0.6 is 0 Å². The molecule has 0 aliphatic heterocycles. The molecule has 0 aromatic rings. The maximum absolute atomic E-state index is 12.5. The van der Waals surface area contributed by atoms with Gasteiger partial charge in [0.05, 0.1) is 25.4 Å². The van der Waals surface area contributed by atoms with Gasteiger partial charge in [0.25, 0.3) is 0 Å². The van der Waals surface area contributed by atoms with Crippen LogP contribution in [0.25, 0.3) is 0 Å². The standard InChI is InChI=1S/C64H123NO5/c1-3-5-7-9-11-13-15-17-19-21-23-24-25-26-27-29-30-32-34-36-40-44-48-52-56-62(67)61(60-66)65-63(68)57-53-49-45-41-38-39-43-47-51-55-59-70-64(69)58-54-50-46-42-37-35-33-31-28-22-20-18-16-14-12-10-8-6-4-2/h39,43,52,56,61-62,66-67H,3-38,40-42,44-51,53-55,57-60H2,1-2H3,(H,65,68)/b43-39-,56-52+. The zero-order valence-electron chi connectivity index (χ0n) is 47.3. The number of nitrogens with one attached hydrogen (secondary N) is 1. The molecule has 3 N–H and O–H groups in total. The second kappa shape index (κ2) is 59.9. The molecule has 0 spiro atoms. The maximum atomic E-state index is 12.5. The highest BCUT2D eigenvalue weighted by atomic mass is 16.5. The summed E-state index contributed by atoms with van der Waals surface area (Å²) in [5.74, 6) is -0.132. The number of carbonyl (C=O) groups excluding carboxylic acids is 2. The van der Waals surface area contributed by atoms with Crippen molar-refractivity contribution < 1.29 is 24.5 Å². The number of allylic oxidation sites excluding steroid dienone is 3. The third-order valence-electron chi connectivity index (χ3n) is 14.7. The number of ether oxygens (including phenoxy) is 1. The van der Waals surface area contributed by atoms with Gasteiger partial charge in [0.2, 0.25) is 5.91 Å². The van der Waals surface area contributed by atoms with Crippen LogP contribution in [0.1, 0.15) is 348 Å². The lowest BCUT2D eigenvalue weighted by molar-refractivity contribution is -0.143. The fourth-order valence-corrected chi connectivity index (χ4v) is 9.87. The van der Waals surface area contributed by atoms with Crippen molar-refractivity contribution in [2.24, 2.45) is 0 Å². The van der Waals surface area contributed by atoms with Crippen LogP contribution in [-0.4, -0.2) is 47.4 Å². The highest BCUT2D eigenvalue weighted by molar-refractivity contribution is 5.76. The third-order valence-corrected chi connectivity index (χ3v) is 14.7. The van der Waals surface area contributed by atoms with Gasteiger partial charge in [-0.25, -0.2) is 0 Å². The van der Waals surface area contributed by atoms with Gasteiger partial charge in [-0.3, -0.25) is 9.59 Å². The van der Waals surface area contributed by atoms with Gasteiger partial charge < -0.3 is 20.3 Å². The lowest BCUT2D eigenvalue weighted by Crippen LogP contribution is -2.45. The molecular weight excluding hydrogens is 863 g/mol. The molecule has 0 heterocycles. The minimum absolute atomic E-state index is 0.0327. The zero-order chi connectivity index (χ0) is 50.7. The van der Waals surface area contributed by atoms with E-state index < -0.39 is 12.1 Å².